The number of halogens is 1. The summed E-state index contributed by atoms with van der Waals surface area (Å²) in [7, 11) is 5.05. The van der Waals surface area contributed by atoms with Crippen LogP contribution >= 0.6 is 0 Å². The van der Waals surface area contributed by atoms with Gasteiger partial charge in [-0.05, 0) is 29.3 Å². The molecule has 0 radical (unpaired) electrons. The molecule has 2 aromatic rings. The number of ether oxygens (including phenoxy) is 3. The molecule has 0 bridgehead atoms. The molecule has 1 atom stereocenters. The van der Waals surface area contributed by atoms with Gasteiger partial charge in [-0.1, -0.05) is 31.4 Å². The first-order valence-electron chi connectivity index (χ1n) is 11.7. The largest absolute Gasteiger partial charge is 1.00 e. The second-order valence-electron chi connectivity index (χ2n) is 8.60. The minimum absolute atomic E-state index is 0. The van der Waals surface area contributed by atoms with Gasteiger partial charge in [-0.2, -0.15) is 0 Å². The Balaban J connectivity index is 0.00000306. The van der Waals surface area contributed by atoms with Gasteiger partial charge in [0.15, 0.2) is 17.3 Å². The van der Waals surface area contributed by atoms with Gasteiger partial charge in [0.25, 0.3) is 0 Å². The summed E-state index contributed by atoms with van der Waals surface area (Å²) in [5, 5.41) is 12.7. The van der Waals surface area contributed by atoms with Crippen molar-refractivity contribution < 1.29 is 26.6 Å². The highest BCUT2D eigenvalue weighted by molar-refractivity contribution is 5.49. The molecule has 2 heterocycles. The second kappa shape index (κ2) is 12.5. The standard InChI is InChI=1S/C23H36N6O3.ClH/c1-30-17-16-29-23(24-25-26-29)21(19-10-7-11-20(31-2)22(19)32-3)28-14-12-27(13-15-28)18-8-5-4-6-9-18;/h7,10-11,18,21H,4-6,8-9,12-17H2,1-3H3;1H/p-1. The fourth-order valence-corrected chi connectivity index (χ4v) is 5.18. The third kappa shape index (κ3) is 5.77. The maximum Gasteiger partial charge on any atom is 0.173 e. The average molecular weight is 480 g/mol. The maximum absolute atomic E-state index is 5.81. The third-order valence-electron chi connectivity index (χ3n) is 6.84. The molecular weight excluding hydrogens is 444 g/mol. The Kier molecular flexibility index (Phi) is 9.73. The molecule has 1 aliphatic heterocycles. The van der Waals surface area contributed by atoms with Gasteiger partial charge in [-0.3, -0.25) is 9.80 Å². The van der Waals surface area contributed by atoms with E-state index in [2.05, 4.69) is 31.4 Å². The van der Waals surface area contributed by atoms with Crippen molar-refractivity contribution in [1.29, 1.82) is 0 Å². The molecule has 1 saturated heterocycles. The molecular formula is C23H36ClN6O3-. The number of para-hydroxylation sites is 1. The topological polar surface area (TPSA) is 77.8 Å². The highest BCUT2D eigenvalue weighted by Gasteiger charge is 2.34. The zero-order valence-corrected chi connectivity index (χ0v) is 20.7. The number of rotatable bonds is 9. The SMILES string of the molecule is COCCn1nnnc1C(c1cccc(OC)c1OC)N1CCN(C2CCCCC2)CC1.[Cl-]. The first-order valence-corrected chi connectivity index (χ1v) is 11.7. The molecule has 1 saturated carbocycles. The van der Waals surface area contributed by atoms with Crippen molar-refractivity contribution in [2.24, 2.45) is 0 Å². The first kappa shape index (κ1) is 25.7. The Morgan fingerprint density at radius 1 is 1.00 bits per heavy atom. The molecule has 0 N–H and O–H groups in total. The van der Waals surface area contributed by atoms with Crippen LogP contribution in [0.25, 0.3) is 0 Å². The molecule has 9 nitrogen and oxygen atoms in total. The Bertz CT molecular complexity index is 852. The van der Waals surface area contributed by atoms with E-state index < -0.39 is 0 Å². The summed E-state index contributed by atoms with van der Waals surface area (Å²) in [6.07, 6.45) is 6.79. The van der Waals surface area contributed by atoms with E-state index in [1.54, 1.807) is 21.3 Å². The van der Waals surface area contributed by atoms with E-state index >= 15 is 0 Å². The van der Waals surface area contributed by atoms with Gasteiger partial charge in [0.1, 0.15) is 6.04 Å². The van der Waals surface area contributed by atoms with Crippen LogP contribution in [0.1, 0.15) is 49.5 Å². The summed E-state index contributed by atoms with van der Waals surface area (Å²) in [6, 6.07) is 6.64. The molecule has 33 heavy (non-hydrogen) atoms. The minimum Gasteiger partial charge on any atom is -1.00 e. The Hall–Kier alpha value is -1.94. The number of benzene rings is 1. The van der Waals surface area contributed by atoms with Crippen molar-refractivity contribution in [3.63, 3.8) is 0 Å². The lowest BCUT2D eigenvalue weighted by atomic mass is 9.93. The lowest BCUT2D eigenvalue weighted by molar-refractivity contribution is -0.00000778. The van der Waals surface area contributed by atoms with Gasteiger partial charge in [0, 0.05) is 44.9 Å². The highest BCUT2D eigenvalue weighted by Crippen LogP contribution is 2.40. The van der Waals surface area contributed by atoms with Crippen LogP contribution in [0.3, 0.4) is 0 Å². The van der Waals surface area contributed by atoms with Gasteiger partial charge >= 0.3 is 0 Å². The summed E-state index contributed by atoms with van der Waals surface area (Å²) in [5.74, 6) is 2.25. The van der Waals surface area contributed by atoms with Crippen LogP contribution in [-0.4, -0.2) is 90.2 Å². The van der Waals surface area contributed by atoms with Crippen LogP contribution in [0.15, 0.2) is 18.2 Å². The van der Waals surface area contributed by atoms with Crippen molar-refractivity contribution in [2.75, 3.05) is 54.1 Å². The molecule has 2 aliphatic rings. The Morgan fingerprint density at radius 2 is 1.76 bits per heavy atom. The van der Waals surface area contributed by atoms with Gasteiger partial charge in [0.05, 0.1) is 27.4 Å². The van der Waals surface area contributed by atoms with E-state index in [1.165, 1.54) is 32.1 Å². The molecule has 4 rings (SSSR count). The lowest BCUT2D eigenvalue weighted by Crippen LogP contribution is -3.00. The fourth-order valence-electron chi connectivity index (χ4n) is 5.18. The van der Waals surface area contributed by atoms with Crippen molar-refractivity contribution in [1.82, 2.24) is 30.0 Å². The summed E-state index contributed by atoms with van der Waals surface area (Å²) in [6.45, 7) is 5.19. The minimum atomic E-state index is -0.125. The number of piperazine rings is 1. The van der Waals surface area contributed by atoms with Crippen LogP contribution in [0.5, 0.6) is 11.5 Å². The smallest absolute Gasteiger partial charge is 0.173 e. The van der Waals surface area contributed by atoms with E-state index in [0.717, 1.165) is 49.4 Å². The van der Waals surface area contributed by atoms with Crippen molar-refractivity contribution in [2.45, 2.75) is 50.7 Å². The van der Waals surface area contributed by atoms with E-state index in [-0.39, 0.29) is 18.4 Å². The van der Waals surface area contributed by atoms with E-state index in [1.807, 2.05) is 16.8 Å². The molecule has 1 unspecified atom stereocenters. The van der Waals surface area contributed by atoms with Crippen molar-refractivity contribution in [3.05, 3.63) is 29.6 Å². The summed E-state index contributed by atoms with van der Waals surface area (Å²) in [5.41, 5.74) is 1.02. The van der Waals surface area contributed by atoms with Gasteiger partial charge in [-0.25, -0.2) is 4.68 Å². The number of tetrazole rings is 1. The summed E-state index contributed by atoms with van der Waals surface area (Å²) >= 11 is 0. The summed E-state index contributed by atoms with van der Waals surface area (Å²) < 4.78 is 18.5. The second-order valence-corrected chi connectivity index (χ2v) is 8.60. The maximum atomic E-state index is 5.81. The predicted molar refractivity (Wildman–Crippen MR) is 121 cm³/mol. The van der Waals surface area contributed by atoms with E-state index in [4.69, 9.17) is 14.2 Å². The summed E-state index contributed by atoms with van der Waals surface area (Å²) in [4.78, 5) is 5.16. The Labute approximate surface area is 202 Å². The molecule has 0 spiro atoms. The van der Waals surface area contributed by atoms with Gasteiger partial charge in [-0.15, -0.1) is 5.10 Å². The fraction of sp³-hybridized carbons (Fsp3) is 0.696. The number of aromatic nitrogens is 4. The predicted octanol–water partition coefficient (Wildman–Crippen LogP) is -0.620. The molecule has 0 amide bonds. The van der Waals surface area contributed by atoms with Crippen LogP contribution in [0.4, 0.5) is 0 Å². The zero-order chi connectivity index (χ0) is 22.3. The molecule has 10 heteroatoms. The van der Waals surface area contributed by atoms with Crippen LogP contribution < -0.4 is 21.9 Å². The van der Waals surface area contributed by atoms with Crippen LogP contribution in [0.2, 0.25) is 0 Å². The van der Waals surface area contributed by atoms with E-state index in [9.17, 15) is 0 Å². The van der Waals surface area contributed by atoms with Crippen LogP contribution in [0, 0.1) is 0 Å². The molecule has 2 fully saturated rings. The Morgan fingerprint density at radius 3 is 2.42 bits per heavy atom. The first-order chi connectivity index (χ1) is 15.8. The number of methoxy groups -OCH3 is 3. The average Bonchev–Trinajstić information content (AvgIpc) is 3.31. The van der Waals surface area contributed by atoms with Crippen LogP contribution in [-0.2, 0) is 11.3 Å². The molecule has 1 aromatic carbocycles. The quantitative estimate of drug-likeness (QED) is 0.471. The number of hydrogen-bond acceptors (Lipinski definition) is 8. The number of nitrogens with zero attached hydrogens (tertiary/aromatic N) is 6. The number of hydrogen-bond donors (Lipinski definition) is 0. The molecule has 184 valence electrons. The zero-order valence-electron chi connectivity index (χ0n) is 20.0. The lowest BCUT2D eigenvalue weighted by Gasteiger charge is -2.43. The van der Waals surface area contributed by atoms with Gasteiger partial charge in [0.2, 0.25) is 0 Å². The third-order valence-corrected chi connectivity index (χ3v) is 6.84. The van der Waals surface area contributed by atoms with E-state index in [0.29, 0.717) is 18.9 Å². The van der Waals surface area contributed by atoms with Crippen molar-refractivity contribution >= 4 is 0 Å². The highest BCUT2D eigenvalue weighted by atomic mass is 35.5. The van der Waals surface area contributed by atoms with Crippen molar-refractivity contribution in [3.8, 4) is 11.5 Å². The monoisotopic (exact) mass is 479 g/mol. The normalized spacial score (nSPS) is 19.1. The van der Waals surface area contributed by atoms with Gasteiger partial charge < -0.3 is 26.6 Å². The molecule has 1 aliphatic carbocycles. The molecule has 1 aromatic heterocycles.